The first-order valence-electron chi connectivity index (χ1n) is 6.59. The molecule has 2 aromatic rings. The Balaban J connectivity index is 0.00000147. The van der Waals surface area contributed by atoms with E-state index in [0.29, 0.717) is 0 Å². The van der Waals surface area contributed by atoms with Gasteiger partial charge in [0.15, 0.2) is 0 Å². The van der Waals surface area contributed by atoms with Gasteiger partial charge in [-0.05, 0) is 28.9 Å². The number of rotatable bonds is 2. The Morgan fingerprint density at radius 3 is 2.65 bits per heavy atom. The Bertz CT molecular complexity index is 621. The molecule has 0 atom stereocenters. The monoisotopic (exact) mass is 353 g/mol. The van der Waals surface area contributed by atoms with Gasteiger partial charge < -0.3 is 0 Å². The van der Waals surface area contributed by atoms with Gasteiger partial charge in [-0.25, -0.2) is 9.36 Å². The van der Waals surface area contributed by atoms with Crippen LogP contribution >= 0.6 is 28.3 Å². The van der Waals surface area contributed by atoms with Crippen molar-refractivity contribution in [3.05, 3.63) is 36.0 Å². The van der Waals surface area contributed by atoms with Crippen molar-refractivity contribution in [2.75, 3.05) is 11.4 Å². The molecular weight excluding hydrogens is 336 g/mol. The average molecular weight is 354 g/mol. The number of thiazole rings is 1. The number of hydrogen-bond acceptors (Lipinski definition) is 2. The minimum absolute atomic E-state index is 0. The van der Waals surface area contributed by atoms with Crippen LogP contribution in [0.5, 0.6) is 0 Å². The van der Waals surface area contributed by atoms with Crippen LogP contribution in [0.1, 0.15) is 19.4 Å². The summed E-state index contributed by atoms with van der Waals surface area (Å²) in [7, 11) is 0. The highest BCUT2D eigenvalue weighted by Crippen LogP contribution is 2.32. The molecular formula is C15H18BrN2OS+. The number of halogens is 1. The van der Waals surface area contributed by atoms with E-state index in [-0.39, 0.29) is 22.9 Å². The third kappa shape index (κ3) is 2.65. The number of nitrogens with zero attached hydrogens (tertiary/aromatic N) is 2. The number of hydrogen-bond donors (Lipinski definition) is 0. The number of carbonyl (C=O) groups is 1. The van der Waals surface area contributed by atoms with E-state index in [1.807, 2.05) is 4.90 Å². The molecule has 0 aliphatic carbocycles. The van der Waals surface area contributed by atoms with Crippen molar-refractivity contribution in [3.8, 4) is 10.4 Å². The number of benzene rings is 1. The van der Waals surface area contributed by atoms with Crippen molar-refractivity contribution in [3.63, 3.8) is 0 Å². The second-order valence-corrected chi connectivity index (χ2v) is 5.80. The van der Waals surface area contributed by atoms with Crippen LogP contribution in [-0.4, -0.2) is 12.5 Å². The molecule has 1 aromatic heterocycles. The van der Waals surface area contributed by atoms with E-state index in [2.05, 4.69) is 42.0 Å². The molecule has 5 heteroatoms. The highest BCUT2D eigenvalue weighted by atomic mass is 79.9. The van der Waals surface area contributed by atoms with Crippen molar-refractivity contribution >= 4 is 39.4 Å². The van der Waals surface area contributed by atoms with Gasteiger partial charge in [0.1, 0.15) is 19.3 Å². The second-order valence-electron chi connectivity index (χ2n) is 4.79. The molecule has 106 valence electrons. The predicted octanol–water partition coefficient (Wildman–Crippen LogP) is 3.21. The van der Waals surface area contributed by atoms with Crippen LogP contribution in [-0.2, 0) is 17.8 Å². The van der Waals surface area contributed by atoms with Crippen molar-refractivity contribution < 1.29 is 9.36 Å². The zero-order valence-corrected chi connectivity index (χ0v) is 14.2. The Labute approximate surface area is 133 Å². The minimum Gasteiger partial charge on any atom is -0.247 e. The molecule has 0 saturated heterocycles. The molecule has 1 amide bonds. The number of anilines is 1. The first kappa shape index (κ1) is 15.2. The fourth-order valence-corrected chi connectivity index (χ4v) is 3.61. The molecule has 3 nitrogen and oxygen atoms in total. The zero-order chi connectivity index (χ0) is 13.4. The molecule has 0 N–H and O–H groups in total. The van der Waals surface area contributed by atoms with Gasteiger partial charge in [0, 0.05) is 6.92 Å². The van der Waals surface area contributed by atoms with E-state index in [1.165, 1.54) is 16.0 Å². The van der Waals surface area contributed by atoms with E-state index < -0.39 is 0 Å². The van der Waals surface area contributed by atoms with Crippen LogP contribution in [0.4, 0.5) is 5.13 Å². The molecule has 0 radical (unpaired) electrons. The molecule has 2 heterocycles. The quantitative estimate of drug-likeness (QED) is 0.760. The number of aryl methyl sites for hydroxylation is 1. The topological polar surface area (TPSA) is 24.2 Å². The summed E-state index contributed by atoms with van der Waals surface area (Å²) in [6, 6.07) is 8.68. The Morgan fingerprint density at radius 1 is 1.35 bits per heavy atom. The first-order valence-corrected chi connectivity index (χ1v) is 7.41. The van der Waals surface area contributed by atoms with Crippen molar-refractivity contribution in [2.45, 2.75) is 26.8 Å². The van der Waals surface area contributed by atoms with Gasteiger partial charge in [0.2, 0.25) is 0 Å². The van der Waals surface area contributed by atoms with E-state index in [9.17, 15) is 4.79 Å². The molecule has 1 aliphatic rings. The number of aromatic nitrogens is 1. The van der Waals surface area contributed by atoms with Crippen molar-refractivity contribution in [1.29, 1.82) is 0 Å². The van der Waals surface area contributed by atoms with Crippen LogP contribution in [0.2, 0.25) is 0 Å². The smallest absolute Gasteiger partial charge is 0.247 e. The molecule has 0 saturated carbocycles. The van der Waals surface area contributed by atoms with E-state index >= 15 is 0 Å². The molecule has 0 bridgehead atoms. The average Bonchev–Trinajstić information content (AvgIpc) is 2.98. The summed E-state index contributed by atoms with van der Waals surface area (Å²) in [4.78, 5) is 14.6. The summed E-state index contributed by atoms with van der Waals surface area (Å²) >= 11 is 1.69. The highest BCUT2D eigenvalue weighted by molar-refractivity contribution is 8.93. The van der Waals surface area contributed by atoms with Crippen molar-refractivity contribution in [2.24, 2.45) is 0 Å². The fraction of sp³-hybridized carbons (Fsp3) is 0.333. The van der Waals surface area contributed by atoms with Gasteiger partial charge in [-0.3, -0.25) is 0 Å². The summed E-state index contributed by atoms with van der Waals surface area (Å²) in [5.41, 5.74) is 2.58. The summed E-state index contributed by atoms with van der Waals surface area (Å²) < 4.78 is 2.18. The fourth-order valence-electron chi connectivity index (χ4n) is 2.38. The Morgan fingerprint density at radius 2 is 2.05 bits per heavy atom. The maximum atomic E-state index is 11.6. The second kappa shape index (κ2) is 6.06. The van der Waals surface area contributed by atoms with Crippen LogP contribution in [0.15, 0.2) is 30.5 Å². The first-order chi connectivity index (χ1) is 9.19. The zero-order valence-electron chi connectivity index (χ0n) is 11.6. The van der Waals surface area contributed by atoms with Crippen LogP contribution in [0.3, 0.4) is 0 Å². The van der Waals surface area contributed by atoms with E-state index in [0.717, 1.165) is 24.6 Å². The molecule has 20 heavy (non-hydrogen) atoms. The van der Waals surface area contributed by atoms with Gasteiger partial charge >= 0.3 is 11.0 Å². The summed E-state index contributed by atoms with van der Waals surface area (Å²) in [6.45, 7) is 5.50. The van der Waals surface area contributed by atoms with E-state index in [4.69, 9.17) is 0 Å². The third-order valence-corrected chi connectivity index (χ3v) is 4.74. The van der Waals surface area contributed by atoms with Crippen LogP contribution < -0.4 is 9.47 Å². The molecule has 1 aromatic carbocycles. The molecule has 0 fully saturated rings. The molecule has 0 spiro atoms. The largest absolute Gasteiger partial charge is 0.344 e. The lowest BCUT2D eigenvalue weighted by Crippen LogP contribution is -2.28. The van der Waals surface area contributed by atoms with E-state index in [1.54, 1.807) is 18.3 Å². The third-order valence-electron chi connectivity index (χ3n) is 3.54. The Hall–Kier alpha value is -1.20. The lowest BCUT2D eigenvalue weighted by atomic mass is 10.1. The van der Waals surface area contributed by atoms with Crippen LogP contribution in [0.25, 0.3) is 10.4 Å². The number of amides is 1. The normalized spacial score (nSPS) is 13.0. The van der Waals surface area contributed by atoms with Crippen molar-refractivity contribution in [1.82, 2.24) is 0 Å². The number of carbonyl (C=O) groups excluding carboxylic acids is 1. The van der Waals surface area contributed by atoms with Crippen LogP contribution in [0, 0.1) is 0 Å². The Kier molecular flexibility index (Phi) is 4.60. The van der Waals surface area contributed by atoms with Gasteiger partial charge in [0.25, 0.3) is 0 Å². The summed E-state index contributed by atoms with van der Waals surface area (Å²) in [6.07, 6.45) is 3.22. The van der Waals surface area contributed by atoms with Gasteiger partial charge in [-0.2, -0.15) is 4.90 Å². The maximum Gasteiger partial charge on any atom is 0.344 e. The maximum absolute atomic E-state index is 11.6. The summed E-state index contributed by atoms with van der Waals surface area (Å²) in [5.74, 6) is 0.126. The lowest BCUT2D eigenvalue weighted by molar-refractivity contribution is -0.666. The standard InChI is InChI=1S/C15H17N2OS.BrH/c1-3-12-4-6-13(7-5-12)14-10-16-8-9-17(11(2)18)15(16)19-14;/h4-7,10H,3,8-9H2,1-2H3;1H/q+1;. The van der Waals surface area contributed by atoms with Gasteiger partial charge in [-0.1, -0.05) is 31.2 Å². The number of fused-ring (bicyclic) bond motifs is 1. The summed E-state index contributed by atoms with van der Waals surface area (Å²) in [5, 5.41) is 1.06. The minimum atomic E-state index is 0. The molecule has 1 aliphatic heterocycles. The molecule has 0 unspecified atom stereocenters. The SMILES string of the molecule is Br.CCc1ccc(-c2c[n+]3c(s2)N(C(C)=O)CC3)cc1. The molecule has 3 rings (SSSR count). The predicted molar refractivity (Wildman–Crippen MR) is 87.7 cm³/mol. The van der Waals surface area contributed by atoms with Gasteiger partial charge in [-0.15, -0.1) is 17.0 Å². The highest BCUT2D eigenvalue weighted by Gasteiger charge is 2.34. The lowest BCUT2D eigenvalue weighted by Gasteiger charge is -2.01. The van der Waals surface area contributed by atoms with Gasteiger partial charge in [0.05, 0.1) is 4.88 Å².